The Bertz CT molecular complexity index is 2750. The Morgan fingerprint density at radius 3 is 0.802 bits per heavy atom. The van der Waals surface area contributed by atoms with Crippen molar-refractivity contribution in [2.24, 2.45) is 0 Å². The SMILES string of the molecule is C.C.CCCCN(c1nc(N(CC)CC)nc(N(C)C2CC(C)(C)N(OC3CCCCC3)C(C)(C)C2)n1)C1CC(C)(C)N(OC2CCCCC2)C(C)(C)C1.CCCCN(c1nc(NC)nc(N(CCCC)C2CC(C)(C)N(OC3CCCCC3)C(C)(C)C2)n1)C1CC(C)(C)N(OC2CCCCC2)C(C)(C)C1. The van der Waals surface area contributed by atoms with E-state index >= 15 is 0 Å². The Labute approximate surface area is 650 Å². The molecule has 0 bridgehead atoms. The first-order chi connectivity index (χ1) is 49.1. The molecule has 4 saturated carbocycles. The van der Waals surface area contributed by atoms with Crippen LogP contribution in [0.2, 0.25) is 0 Å². The summed E-state index contributed by atoms with van der Waals surface area (Å²) in [6.45, 7) is 53.7. The summed E-state index contributed by atoms with van der Waals surface area (Å²) in [6.07, 6.45) is 40.8. The van der Waals surface area contributed by atoms with Gasteiger partial charge in [-0.1, -0.05) is 132 Å². The Hall–Kier alpha value is -3.50. The molecular formula is C86H164N16O4. The zero-order chi connectivity index (χ0) is 75.6. The minimum Gasteiger partial charge on any atom is -0.357 e. The van der Waals surface area contributed by atoms with Crippen LogP contribution in [-0.2, 0) is 19.4 Å². The normalized spacial score (nSPS) is 24.4. The summed E-state index contributed by atoms with van der Waals surface area (Å²) >= 11 is 0. The number of nitrogens with one attached hydrogen (secondary N) is 1. The lowest BCUT2D eigenvalue weighted by atomic mass is 9.78. The zero-order valence-corrected chi connectivity index (χ0v) is 71.0. The van der Waals surface area contributed by atoms with Gasteiger partial charge < -0.3 is 29.8 Å². The molecule has 2 aromatic heterocycles. The lowest BCUT2D eigenvalue weighted by molar-refractivity contribution is -0.310. The molecule has 0 spiro atoms. The Morgan fingerprint density at radius 2 is 0.557 bits per heavy atom. The second kappa shape index (κ2) is 38.3. The smallest absolute Gasteiger partial charge is 0.232 e. The van der Waals surface area contributed by atoms with E-state index in [1.54, 1.807) is 0 Å². The Balaban J connectivity index is 0.000000290. The molecule has 0 radical (unpaired) electrons. The second-order valence-electron chi connectivity index (χ2n) is 38.6. The predicted octanol–water partition coefficient (Wildman–Crippen LogP) is 20.3. The monoisotopic (exact) mass is 1490 g/mol. The molecule has 6 heterocycles. The third-order valence-corrected chi connectivity index (χ3v) is 25.2. The van der Waals surface area contributed by atoms with Crippen molar-refractivity contribution in [3.63, 3.8) is 0 Å². The summed E-state index contributed by atoms with van der Waals surface area (Å²) in [7, 11) is 4.15. The highest BCUT2D eigenvalue weighted by molar-refractivity contribution is 5.49. The summed E-state index contributed by atoms with van der Waals surface area (Å²) in [5.74, 6) is 4.64. The molecular weight excluding hydrogens is 1320 g/mol. The molecule has 612 valence electrons. The van der Waals surface area contributed by atoms with Gasteiger partial charge in [-0.2, -0.15) is 50.2 Å². The molecule has 8 aliphatic rings. The highest BCUT2D eigenvalue weighted by Crippen LogP contribution is 2.49. The van der Waals surface area contributed by atoms with Crippen molar-refractivity contribution < 1.29 is 19.4 Å². The van der Waals surface area contributed by atoms with E-state index in [1.807, 2.05) is 7.05 Å². The van der Waals surface area contributed by atoms with Crippen molar-refractivity contribution in [3.05, 3.63) is 0 Å². The highest BCUT2D eigenvalue weighted by Gasteiger charge is 2.54. The van der Waals surface area contributed by atoms with Crippen molar-refractivity contribution in [2.45, 2.75) is 471 Å². The third-order valence-electron chi connectivity index (χ3n) is 25.2. The molecule has 1 N–H and O–H groups in total. The first-order valence-electron chi connectivity index (χ1n) is 43.0. The molecule has 0 aromatic carbocycles. The van der Waals surface area contributed by atoms with Gasteiger partial charge in [0.1, 0.15) is 0 Å². The van der Waals surface area contributed by atoms with Gasteiger partial charge in [-0.3, -0.25) is 19.4 Å². The van der Waals surface area contributed by atoms with Crippen LogP contribution in [0.5, 0.6) is 0 Å². The van der Waals surface area contributed by atoms with Crippen LogP contribution in [0.25, 0.3) is 0 Å². The van der Waals surface area contributed by atoms with Crippen LogP contribution >= 0.6 is 0 Å². The average molecular weight is 1490 g/mol. The maximum atomic E-state index is 6.91. The van der Waals surface area contributed by atoms with Gasteiger partial charge in [-0.05, 0) is 247 Å². The van der Waals surface area contributed by atoms with Gasteiger partial charge >= 0.3 is 0 Å². The molecule has 106 heavy (non-hydrogen) atoms. The molecule has 2 aromatic rings. The lowest BCUT2D eigenvalue weighted by Crippen LogP contribution is -2.65. The van der Waals surface area contributed by atoms with Crippen LogP contribution in [0.15, 0.2) is 0 Å². The fourth-order valence-corrected chi connectivity index (χ4v) is 20.7. The van der Waals surface area contributed by atoms with Gasteiger partial charge in [0.2, 0.25) is 35.7 Å². The van der Waals surface area contributed by atoms with Crippen molar-refractivity contribution in [2.75, 3.05) is 76.6 Å². The maximum absolute atomic E-state index is 6.91. The van der Waals surface area contributed by atoms with E-state index in [-0.39, 0.29) is 83.3 Å². The third kappa shape index (κ3) is 22.5. The maximum Gasteiger partial charge on any atom is 0.232 e. The fourth-order valence-electron chi connectivity index (χ4n) is 20.7. The van der Waals surface area contributed by atoms with E-state index in [2.05, 4.69) is 203 Å². The van der Waals surface area contributed by atoms with Crippen LogP contribution in [0, 0.1) is 0 Å². The number of hydrogen-bond donors (Lipinski definition) is 1. The molecule has 20 nitrogen and oxygen atoms in total. The van der Waals surface area contributed by atoms with E-state index < -0.39 is 0 Å². The molecule has 0 unspecified atom stereocenters. The zero-order valence-electron chi connectivity index (χ0n) is 71.0. The Morgan fingerprint density at radius 1 is 0.330 bits per heavy atom. The van der Waals surface area contributed by atoms with Crippen LogP contribution in [0.4, 0.5) is 35.7 Å². The number of piperidine rings is 4. The van der Waals surface area contributed by atoms with Gasteiger partial charge in [0, 0.05) is 115 Å². The molecule has 20 heteroatoms. The lowest BCUT2D eigenvalue weighted by Gasteiger charge is -2.57. The van der Waals surface area contributed by atoms with Gasteiger partial charge in [-0.15, -0.1) is 0 Å². The van der Waals surface area contributed by atoms with Crippen molar-refractivity contribution >= 4 is 35.7 Å². The summed E-state index contributed by atoms with van der Waals surface area (Å²) in [5.41, 5.74) is -1.05. The molecule has 4 aliphatic heterocycles. The average Bonchev–Trinajstić information content (AvgIpc) is 0.764. The molecule has 8 fully saturated rings. The first-order valence-corrected chi connectivity index (χ1v) is 43.0. The number of aromatic nitrogens is 6. The summed E-state index contributed by atoms with van der Waals surface area (Å²) in [4.78, 5) is 71.5. The van der Waals surface area contributed by atoms with Crippen molar-refractivity contribution in [1.29, 1.82) is 0 Å². The first kappa shape index (κ1) is 89.7. The number of anilines is 6. The minimum atomic E-state index is -0.131. The van der Waals surface area contributed by atoms with Crippen LogP contribution < -0.4 is 29.8 Å². The largest absolute Gasteiger partial charge is 0.357 e. The number of nitrogens with zero attached hydrogens (tertiary/aromatic N) is 15. The molecule has 10 rings (SSSR count). The number of hydrogen-bond acceptors (Lipinski definition) is 20. The number of hydroxylamine groups is 8. The topological polar surface area (TPSA) is 155 Å². The molecule has 4 saturated heterocycles. The fraction of sp³-hybridized carbons (Fsp3) is 0.930. The quantitative estimate of drug-likeness (QED) is 0.0820. The van der Waals surface area contributed by atoms with Gasteiger partial charge in [0.25, 0.3) is 0 Å². The van der Waals surface area contributed by atoms with E-state index in [9.17, 15) is 0 Å². The van der Waals surface area contributed by atoms with Crippen LogP contribution in [0.3, 0.4) is 0 Å². The number of unbranched alkanes of at least 4 members (excludes halogenated alkanes) is 3. The highest BCUT2D eigenvalue weighted by atomic mass is 16.7. The Kier molecular flexibility index (Phi) is 32.5. The van der Waals surface area contributed by atoms with Gasteiger partial charge in [-0.25, -0.2) is 0 Å². The van der Waals surface area contributed by atoms with E-state index in [0.29, 0.717) is 30.4 Å². The van der Waals surface area contributed by atoms with E-state index in [0.717, 1.165) is 152 Å². The summed E-state index contributed by atoms with van der Waals surface area (Å²) in [5, 5.41) is 12.8. The van der Waals surface area contributed by atoms with Crippen molar-refractivity contribution in [1.82, 2.24) is 50.2 Å². The van der Waals surface area contributed by atoms with E-state index in [4.69, 9.17) is 49.3 Å². The predicted molar refractivity (Wildman–Crippen MR) is 445 cm³/mol. The summed E-state index contributed by atoms with van der Waals surface area (Å²) < 4.78 is 0. The number of rotatable bonds is 29. The summed E-state index contributed by atoms with van der Waals surface area (Å²) in [6, 6.07) is 1.11. The molecule has 4 aliphatic carbocycles. The standard InChI is InChI=1S/2C42H78N8O2.2CH4/c1-13-16-27-48(33-30-41(8,9)50(42(10,11)31-33)52-35-25-21-18-22-26-35)38-44-36(43-37(45-38)47(14-2)15-3)46(12)32-28-39(4,5)49(40(6,7)29-32)51-34-23-19-17-20-24-34;1-12-14-26-47(32-28-39(3,4)49(40(5,6)29-32)51-34-22-18-16-19-23-34)37-44-36(43-11)45-38(46-37)48(27-15-13-2)33-30-41(7,8)50(42(9,10)31-33)52-35-24-20-17-21-25-35;;/h32-35H,13-31H2,1-12H3;32-35H,12-31H2,1-11H3,(H,43,44,45,46);2*1H4. The van der Waals surface area contributed by atoms with Crippen molar-refractivity contribution in [3.8, 4) is 0 Å². The van der Waals surface area contributed by atoms with Gasteiger partial charge in [0.15, 0.2) is 0 Å². The van der Waals surface area contributed by atoms with E-state index in [1.165, 1.54) is 128 Å². The van der Waals surface area contributed by atoms with Gasteiger partial charge in [0.05, 0.1) is 24.4 Å². The van der Waals surface area contributed by atoms with Crippen LogP contribution in [-0.4, -0.2) is 190 Å². The minimum absolute atomic E-state index is 0. The van der Waals surface area contributed by atoms with Crippen LogP contribution in [0.1, 0.15) is 379 Å². The second-order valence-corrected chi connectivity index (χ2v) is 38.6. The molecule has 0 amide bonds. The molecule has 0 atom stereocenters.